The third-order valence-corrected chi connectivity index (χ3v) is 5.17. The summed E-state index contributed by atoms with van der Waals surface area (Å²) >= 11 is 6.11. The number of urea groups is 1. The Balaban J connectivity index is 1.28. The topological polar surface area (TPSA) is 84.2 Å². The number of hydrogen-bond acceptors (Lipinski definition) is 5. The zero-order chi connectivity index (χ0) is 19.3. The first-order chi connectivity index (χ1) is 13.7. The quantitative estimate of drug-likeness (QED) is 0.694. The van der Waals surface area contributed by atoms with Crippen molar-refractivity contribution in [3.63, 3.8) is 0 Å². The molecule has 0 spiro atoms. The Morgan fingerprint density at radius 2 is 2.18 bits per heavy atom. The van der Waals surface area contributed by atoms with E-state index in [9.17, 15) is 4.79 Å². The van der Waals surface area contributed by atoms with Crippen molar-refractivity contribution in [3.8, 4) is 11.5 Å². The van der Waals surface area contributed by atoms with Gasteiger partial charge in [0.15, 0.2) is 5.82 Å². The number of hydrogen-bond donors (Lipinski definition) is 1. The molecule has 1 atom stereocenters. The number of aromatic nitrogens is 3. The van der Waals surface area contributed by atoms with Crippen LogP contribution in [0.25, 0.3) is 11.5 Å². The number of nitrogens with one attached hydrogen (secondary N) is 1. The Bertz CT molecular complexity index is 947. The molecular weight excluding hydrogens is 378 g/mol. The third-order valence-electron chi connectivity index (χ3n) is 4.84. The molecule has 2 aromatic heterocycles. The molecule has 3 heterocycles. The number of amides is 2. The average molecular weight is 398 g/mol. The van der Waals surface area contributed by atoms with Gasteiger partial charge in [0.25, 0.3) is 5.89 Å². The SMILES string of the molecule is O=C(Nc1ccccc1Cl)N1CCC(CCc2noc(-c3cccnc3)n2)C1. The Hall–Kier alpha value is -2.93. The summed E-state index contributed by atoms with van der Waals surface area (Å²) in [5.74, 6) is 1.57. The molecule has 4 rings (SSSR count). The molecule has 3 aromatic rings. The molecule has 2 amide bonds. The monoisotopic (exact) mass is 397 g/mol. The van der Waals surface area contributed by atoms with Gasteiger partial charge in [0, 0.05) is 31.9 Å². The molecule has 0 radical (unpaired) electrons. The van der Waals surface area contributed by atoms with E-state index in [0.717, 1.165) is 24.9 Å². The molecule has 144 valence electrons. The predicted octanol–water partition coefficient (Wildman–Crippen LogP) is 4.27. The van der Waals surface area contributed by atoms with E-state index in [4.69, 9.17) is 16.1 Å². The lowest BCUT2D eigenvalue weighted by molar-refractivity contribution is 0.220. The molecule has 0 bridgehead atoms. The molecule has 1 aliphatic heterocycles. The lowest BCUT2D eigenvalue weighted by Crippen LogP contribution is -2.33. The Morgan fingerprint density at radius 3 is 3.00 bits per heavy atom. The normalized spacial score (nSPS) is 16.3. The Kier molecular flexibility index (Phi) is 5.53. The number of pyridine rings is 1. The Labute approximate surface area is 167 Å². The van der Waals surface area contributed by atoms with Crippen LogP contribution in [0.3, 0.4) is 0 Å². The largest absolute Gasteiger partial charge is 0.334 e. The summed E-state index contributed by atoms with van der Waals surface area (Å²) in [4.78, 5) is 22.8. The smallest absolute Gasteiger partial charge is 0.321 e. The second kappa shape index (κ2) is 8.39. The van der Waals surface area contributed by atoms with E-state index in [2.05, 4.69) is 20.4 Å². The van der Waals surface area contributed by atoms with Gasteiger partial charge in [0.2, 0.25) is 0 Å². The number of para-hydroxylation sites is 1. The van der Waals surface area contributed by atoms with Gasteiger partial charge in [0.05, 0.1) is 16.3 Å². The molecule has 8 heteroatoms. The van der Waals surface area contributed by atoms with Crippen LogP contribution in [-0.4, -0.2) is 39.1 Å². The number of halogens is 1. The molecule has 1 N–H and O–H groups in total. The average Bonchev–Trinajstić information content (AvgIpc) is 3.38. The van der Waals surface area contributed by atoms with Crippen molar-refractivity contribution >= 4 is 23.3 Å². The van der Waals surface area contributed by atoms with E-state index in [1.54, 1.807) is 24.5 Å². The lowest BCUT2D eigenvalue weighted by atomic mass is 10.0. The van der Waals surface area contributed by atoms with Crippen LogP contribution in [0.4, 0.5) is 10.5 Å². The second-order valence-corrected chi connectivity index (χ2v) is 7.21. The fourth-order valence-electron chi connectivity index (χ4n) is 3.30. The minimum Gasteiger partial charge on any atom is -0.334 e. The fraction of sp³-hybridized carbons (Fsp3) is 0.300. The maximum absolute atomic E-state index is 12.5. The van der Waals surface area contributed by atoms with Crippen molar-refractivity contribution in [2.24, 2.45) is 5.92 Å². The number of carbonyl (C=O) groups excluding carboxylic acids is 1. The highest BCUT2D eigenvalue weighted by molar-refractivity contribution is 6.33. The summed E-state index contributed by atoms with van der Waals surface area (Å²) in [6.45, 7) is 1.44. The van der Waals surface area contributed by atoms with Crippen LogP contribution in [0.2, 0.25) is 5.02 Å². The summed E-state index contributed by atoms with van der Waals surface area (Å²) in [7, 11) is 0. The van der Waals surface area contributed by atoms with Gasteiger partial charge in [0.1, 0.15) is 0 Å². The number of aryl methyl sites for hydroxylation is 1. The van der Waals surface area contributed by atoms with Gasteiger partial charge in [-0.15, -0.1) is 0 Å². The molecule has 1 aliphatic rings. The number of likely N-dealkylation sites (tertiary alicyclic amines) is 1. The van der Waals surface area contributed by atoms with E-state index in [1.165, 1.54) is 0 Å². The molecule has 0 saturated carbocycles. The fourth-order valence-corrected chi connectivity index (χ4v) is 3.49. The van der Waals surface area contributed by atoms with Crippen molar-refractivity contribution < 1.29 is 9.32 Å². The summed E-state index contributed by atoms with van der Waals surface area (Å²) in [6, 6.07) is 10.8. The zero-order valence-electron chi connectivity index (χ0n) is 15.2. The van der Waals surface area contributed by atoms with Gasteiger partial charge in [-0.25, -0.2) is 4.79 Å². The van der Waals surface area contributed by atoms with Crippen LogP contribution in [0, 0.1) is 5.92 Å². The maximum Gasteiger partial charge on any atom is 0.321 e. The number of anilines is 1. The molecule has 0 aliphatic carbocycles. The van der Waals surface area contributed by atoms with E-state index >= 15 is 0 Å². The van der Waals surface area contributed by atoms with Crippen LogP contribution >= 0.6 is 11.6 Å². The van der Waals surface area contributed by atoms with Gasteiger partial charge in [-0.1, -0.05) is 28.9 Å². The minimum absolute atomic E-state index is 0.117. The molecule has 1 fully saturated rings. The number of benzene rings is 1. The summed E-state index contributed by atoms with van der Waals surface area (Å²) in [5.41, 5.74) is 1.44. The third kappa shape index (κ3) is 4.31. The molecule has 1 aromatic carbocycles. The highest BCUT2D eigenvalue weighted by Gasteiger charge is 2.26. The first-order valence-corrected chi connectivity index (χ1v) is 9.60. The first kappa shape index (κ1) is 18.4. The van der Waals surface area contributed by atoms with E-state index < -0.39 is 0 Å². The second-order valence-electron chi connectivity index (χ2n) is 6.81. The molecule has 7 nitrogen and oxygen atoms in total. The summed E-state index contributed by atoms with van der Waals surface area (Å²) in [6.07, 6.45) is 5.98. The summed E-state index contributed by atoms with van der Waals surface area (Å²) < 4.78 is 5.31. The first-order valence-electron chi connectivity index (χ1n) is 9.22. The van der Waals surface area contributed by atoms with E-state index in [-0.39, 0.29) is 6.03 Å². The molecular formula is C20H20ClN5O2. The van der Waals surface area contributed by atoms with E-state index in [0.29, 0.717) is 41.3 Å². The van der Waals surface area contributed by atoms with Crippen LogP contribution in [0.5, 0.6) is 0 Å². The lowest BCUT2D eigenvalue weighted by Gasteiger charge is -2.17. The van der Waals surface area contributed by atoms with Crippen LogP contribution in [0.15, 0.2) is 53.3 Å². The van der Waals surface area contributed by atoms with Gasteiger partial charge in [-0.3, -0.25) is 4.98 Å². The van der Waals surface area contributed by atoms with Gasteiger partial charge in [-0.05, 0) is 43.0 Å². The van der Waals surface area contributed by atoms with E-state index in [1.807, 2.05) is 29.2 Å². The minimum atomic E-state index is -0.117. The highest BCUT2D eigenvalue weighted by atomic mass is 35.5. The van der Waals surface area contributed by atoms with Crippen molar-refractivity contribution in [2.75, 3.05) is 18.4 Å². The van der Waals surface area contributed by atoms with Crippen molar-refractivity contribution in [1.29, 1.82) is 0 Å². The number of rotatable bonds is 5. The molecule has 1 unspecified atom stereocenters. The Morgan fingerprint density at radius 1 is 1.29 bits per heavy atom. The number of nitrogens with zero attached hydrogens (tertiary/aromatic N) is 4. The highest BCUT2D eigenvalue weighted by Crippen LogP contribution is 2.25. The molecule has 28 heavy (non-hydrogen) atoms. The zero-order valence-corrected chi connectivity index (χ0v) is 16.0. The van der Waals surface area contributed by atoms with Gasteiger partial charge >= 0.3 is 6.03 Å². The van der Waals surface area contributed by atoms with Gasteiger partial charge in [-0.2, -0.15) is 4.98 Å². The van der Waals surface area contributed by atoms with Crippen molar-refractivity contribution in [2.45, 2.75) is 19.3 Å². The standard InChI is InChI=1S/C20H20ClN5O2/c21-16-5-1-2-6-17(16)23-20(27)26-11-9-14(13-26)7-8-18-24-19(28-25-18)15-4-3-10-22-12-15/h1-6,10,12,14H,7-9,11,13H2,(H,23,27). The predicted molar refractivity (Wildman–Crippen MR) is 106 cm³/mol. The van der Waals surface area contributed by atoms with Gasteiger partial charge < -0.3 is 14.7 Å². The van der Waals surface area contributed by atoms with Crippen LogP contribution in [-0.2, 0) is 6.42 Å². The maximum atomic E-state index is 12.5. The van der Waals surface area contributed by atoms with Crippen molar-refractivity contribution in [3.05, 3.63) is 59.6 Å². The van der Waals surface area contributed by atoms with Crippen LogP contribution in [0.1, 0.15) is 18.7 Å². The molecule has 1 saturated heterocycles. The number of carbonyl (C=O) groups is 1. The van der Waals surface area contributed by atoms with Crippen molar-refractivity contribution in [1.82, 2.24) is 20.0 Å². The summed E-state index contributed by atoms with van der Waals surface area (Å²) in [5, 5.41) is 7.46. The van der Waals surface area contributed by atoms with Crippen LogP contribution < -0.4 is 5.32 Å².